The van der Waals surface area contributed by atoms with Crippen LogP contribution in [0.1, 0.15) is 25.0 Å². The summed E-state index contributed by atoms with van der Waals surface area (Å²) < 4.78 is 11.0. The van der Waals surface area contributed by atoms with E-state index >= 15 is 0 Å². The summed E-state index contributed by atoms with van der Waals surface area (Å²) >= 11 is 0. The molecule has 0 amide bonds. The number of hydrogen-bond acceptors (Lipinski definition) is 4. The average Bonchev–Trinajstić information content (AvgIpc) is 2.36. The van der Waals surface area contributed by atoms with Crippen molar-refractivity contribution in [3.8, 4) is 11.5 Å². The van der Waals surface area contributed by atoms with Crippen molar-refractivity contribution >= 4 is 5.97 Å². The third-order valence-corrected chi connectivity index (χ3v) is 3.26. The summed E-state index contributed by atoms with van der Waals surface area (Å²) in [6, 6.07) is 3.84. The standard InChI is InChI=1S/C14H19NO4/c1-9-6-11-12(19-5-4-18-11)7-10(9)8-15-14(2,3)13(16)17/h6-7,15H,4-5,8H2,1-3H3,(H,16,17). The summed E-state index contributed by atoms with van der Waals surface area (Å²) in [5.74, 6) is 0.606. The summed E-state index contributed by atoms with van der Waals surface area (Å²) in [6.45, 7) is 6.84. The van der Waals surface area contributed by atoms with E-state index in [0.717, 1.165) is 22.6 Å². The van der Waals surface area contributed by atoms with Gasteiger partial charge >= 0.3 is 5.97 Å². The van der Waals surface area contributed by atoms with Crippen molar-refractivity contribution in [3.05, 3.63) is 23.3 Å². The third-order valence-electron chi connectivity index (χ3n) is 3.26. The molecule has 5 heteroatoms. The van der Waals surface area contributed by atoms with Gasteiger partial charge in [0.2, 0.25) is 0 Å². The van der Waals surface area contributed by atoms with Crippen molar-refractivity contribution in [2.45, 2.75) is 32.9 Å². The number of carboxylic acids is 1. The molecule has 0 spiro atoms. The van der Waals surface area contributed by atoms with E-state index in [0.29, 0.717) is 19.8 Å². The molecule has 1 aliphatic heterocycles. The molecule has 1 aliphatic rings. The normalized spacial score (nSPS) is 14.3. The van der Waals surface area contributed by atoms with Gasteiger partial charge in [-0.05, 0) is 44.0 Å². The van der Waals surface area contributed by atoms with Crippen LogP contribution in [0.25, 0.3) is 0 Å². The molecule has 19 heavy (non-hydrogen) atoms. The Hall–Kier alpha value is -1.75. The maximum Gasteiger partial charge on any atom is 0.323 e. The predicted molar refractivity (Wildman–Crippen MR) is 70.7 cm³/mol. The van der Waals surface area contributed by atoms with Gasteiger partial charge in [-0.15, -0.1) is 0 Å². The predicted octanol–water partition coefficient (Wildman–Crippen LogP) is 1.72. The first-order chi connectivity index (χ1) is 8.90. The lowest BCUT2D eigenvalue weighted by Crippen LogP contribution is -2.46. The first-order valence-corrected chi connectivity index (χ1v) is 6.28. The van der Waals surface area contributed by atoms with Crippen molar-refractivity contribution in [2.24, 2.45) is 0 Å². The molecule has 5 nitrogen and oxygen atoms in total. The van der Waals surface area contributed by atoms with Gasteiger partial charge in [0.1, 0.15) is 18.8 Å². The Balaban J connectivity index is 2.15. The first kappa shape index (κ1) is 13.7. The maximum atomic E-state index is 11.1. The van der Waals surface area contributed by atoms with E-state index in [1.54, 1.807) is 13.8 Å². The minimum absolute atomic E-state index is 0.474. The van der Waals surface area contributed by atoms with E-state index in [1.165, 1.54) is 0 Å². The van der Waals surface area contributed by atoms with E-state index < -0.39 is 11.5 Å². The minimum atomic E-state index is -0.959. The fourth-order valence-electron chi connectivity index (χ4n) is 1.81. The number of carboxylic acid groups (broad SMARTS) is 1. The van der Waals surface area contributed by atoms with Gasteiger partial charge in [0.15, 0.2) is 11.5 Å². The van der Waals surface area contributed by atoms with Crippen LogP contribution in [0, 0.1) is 6.92 Å². The topological polar surface area (TPSA) is 67.8 Å². The van der Waals surface area contributed by atoms with Crippen LogP contribution in [0.15, 0.2) is 12.1 Å². The molecule has 0 saturated carbocycles. The lowest BCUT2D eigenvalue weighted by Gasteiger charge is -2.23. The van der Waals surface area contributed by atoms with Crippen LogP contribution >= 0.6 is 0 Å². The Bertz CT molecular complexity index is 496. The highest BCUT2D eigenvalue weighted by Crippen LogP contribution is 2.33. The molecular formula is C14H19NO4. The molecular weight excluding hydrogens is 246 g/mol. The van der Waals surface area contributed by atoms with Gasteiger partial charge < -0.3 is 14.6 Å². The molecule has 0 saturated heterocycles. The summed E-state index contributed by atoms with van der Waals surface area (Å²) in [5.41, 5.74) is 1.11. The molecule has 2 N–H and O–H groups in total. The van der Waals surface area contributed by atoms with Crippen molar-refractivity contribution in [1.82, 2.24) is 5.32 Å². The van der Waals surface area contributed by atoms with Crippen LogP contribution in [0.4, 0.5) is 0 Å². The quantitative estimate of drug-likeness (QED) is 0.867. The van der Waals surface area contributed by atoms with Gasteiger partial charge in [0, 0.05) is 6.54 Å². The van der Waals surface area contributed by atoms with Crippen LogP contribution < -0.4 is 14.8 Å². The number of nitrogens with one attached hydrogen (secondary N) is 1. The smallest absolute Gasteiger partial charge is 0.323 e. The number of carbonyl (C=O) groups is 1. The van der Waals surface area contributed by atoms with E-state index in [4.69, 9.17) is 14.6 Å². The molecule has 0 aromatic heterocycles. The maximum absolute atomic E-state index is 11.1. The van der Waals surface area contributed by atoms with Crippen LogP contribution in [0.3, 0.4) is 0 Å². The summed E-state index contributed by atoms with van der Waals surface area (Å²) in [6.07, 6.45) is 0. The van der Waals surface area contributed by atoms with Crippen molar-refractivity contribution < 1.29 is 19.4 Å². The Morgan fingerprint density at radius 3 is 2.47 bits per heavy atom. The molecule has 104 valence electrons. The molecule has 1 aromatic rings. The van der Waals surface area contributed by atoms with Crippen LogP contribution in [0.2, 0.25) is 0 Å². The zero-order chi connectivity index (χ0) is 14.0. The van der Waals surface area contributed by atoms with E-state index in [1.807, 2.05) is 19.1 Å². The zero-order valence-electron chi connectivity index (χ0n) is 11.4. The van der Waals surface area contributed by atoms with Crippen molar-refractivity contribution in [2.75, 3.05) is 13.2 Å². The number of aliphatic carboxylic acids is 1. The zero-order valence-corrected chi connectivity index (χ0v) is 11.4. The highest BCUT2D eigenvalue weighted by Gasteiger charge is 2.26. The molecule has 1 heterocycles. The fourth-order valence-corrected chi connectivity index (χ4v) is 1.81. The Morgan fingerprint density at radius 2 is 1.89 bits per heavy atom. The number of ether oxygens (including phenoxy) is 2. The second-order valence-electron chi connectivity index (χ2n) is 5.21. The minimum Gasteiger partial charge on any atom is -0.486 e. The summed E-state index contributed by atoms with van der Waals surface area (Å²) in [5, 5.41) is 12.1. The van der Waals surface area contributed by atoms with Gasteiger partial charge in [-0.3, -0.25) is 10.1 Å². The Morgan fingerprint density at radius 1 is 1.32 bits per heavy atom. The highest BCUT2D eigenvalue weighted by atomic mass is 16.6. The lowest BCUT2D eigenvalue weighted by molar-refractivity contribution is -0.143. The summed E-state index contributed by atoms with van der Waals surface area (Å²) in [4.78, 5) is 11.1. The molecule has 2 rings (SSSR count). The highest BCUT2D eigenvalue weighted by molar-refractivity contribution is 5.77. The van der Waals surface area contributed by atoms with Gasteiger partial charge in [0.25, 0.3) is 0 Å². The SMILES string of the molecule is Cc1cc2c(cc1CNC(C)(C)C(=O)O)OCCO2. The monoisotopic (exact) mass is 265 g/mol. The number of rotatable bonds is 4. The molecule has 0 unspecified atom stereocenters. The summed E-state index contributed by atoms with van der Waals surface area (Å²) in [7, 11) is 0. The molecule has 0 aliphatic carbocycles. The van der Waals surface area contributed by atoms with Gasteiger partial charge in [-0.1, -0.05) is 0 Å². The molecule has 0 fully saturated rings. The third kappa shape index (κ3) is 2.98. The fraction of sp³-hybridized carbons (Fsp3) is 0.500. The van der Waals surface area contributed by atoms with Crippen molar-refractivity contribution in [1.29, 1.82) is 0 Å². The number of benzene rings is 1. The number of hydrogen-bond donors (Lipinski definition) is 2. The van der Waals surface area contributed by atoms with Gasteiger partial charge in [-0.2, -0.15) is 0 Å². The second-order valence-corrected chi connectivity index (χ2v) is 5.21. The van der Waals surface area contributed by atoms with Crippen LogP contribution in [-0.4, -0.2) is 29.8 Å². The second kappa shape index (κ2) is 5.09. The van der Waals surface area contributed by atoms with E-state index in [9.17, 15) is 4.79 Å². The van der Waals surface area contributed by atoms with E-state index in [-0.39, 0.29) is 0 Å². The lowest BCUT2D eigenvalue weighted by atomic mass is 10.0. The van der Waals surface area contributed by atoms with Gasteiger partial charge in [-0.25, -0.2) is 0 Å². The molecule has 0 radical (unpaired) electrons. The Labute approximate surface area is 112 Å². The number of aryl methyl sites for hydroxylation is 1. The van der Waals surface area contributed by atoms with Crippen molar-refractivity contribution in [3.63, 3.8) is 0 Å². The molecule has 0 atom stereocenters. The Kier molecular flexibility index (Phi) is 3.66. The number of fused-ring (bicyclic) bond motifs is 1. The average molecular weight is 265 g/mol. The molecule has 0 bridgehead atoms. The van der Waals surface area contributed by atoms with Crippen LogP contribution in [0.5, 0.6) is 11.5 Å². The largest absolute Gasteiger partial charge is 0.486 e. The first-order valence-electron chi connectivity index (χ1n) is 6.28. The van der Waals surface area contributed by atoms with Gasteiger partial charge in [0.05, 0.1) is 0 Å². The molecule has 1 aromatic carbocycles. The van der Waals surface area contributed by atoms with E-state index in [2.05, 4.69) is 5.32 Å². The van der Waals surface area contributed by atoms with Crippen LogP contribution in [-0.2, 0) is 11.3 Å².